The van der Waals surface area contributed by atoms with Gasteiger partial charge in [-0.1, -0.05) is 0 Å². The van der Waals surface area contributed by atoms with E-state index in [0.717, 1.165) is 0 Å². The molecule has 0 aromatic rings. The van der Waals surface area contributed by atoms with Crippen molar-refractivity contribution < 1.29 is 14.3 Å². The zero-order valence-electron chi connectivity index (χ0n) is 6.45. The van der Waals surface area contributed by atoms with Crippen LogP contribution in [0.15, 0.2) is 0 Å². The smallest absolute Gasteiger partial charge is 0.397 e. The number of esters is 1. The first-order valence-corrected chi connectivity index (χ1v) is 3.58. The van der Waals surface area contributed by atoms with E-state index in [1.54, 1.807) is 0 Å². The van der Waals surface area contributed by atoms with Crippen LogP contribution in [0.3, 0.4) is 0 Å². The monoisotopic (exact) mass is 168 g/mol. The molecule has 1 saturated heterocycles. The number of hydrogen-bond acceptors (Lipinski definition) is 4. The van der Waals surface area contributed by atoms with Crippen molar-refractivity contribution in [3.8, 4) is 6.07 Å². The van der Waals surface area contributed by atoms with E-state index < -0.39 is 11.9 Å². The van der Waals surface area contributed by atoms with E-state index in [4.69, 9.17) is 5.26 Å². The topological polar surface area (TPSA) is 70.4 Å². The van der Waals surface area contributed by atoms with Crippen LogP contribution in [-0.2, 0) is 14.3 Å². The Labute approximate surface area is 69.5 Å². The van der Waals surface area contributed by atoms with Crippen molar-refractivity contribution >= 4 is 11.9 Å². The lowest BCUT2D eigenvalue weighted by Crippen LogP contribution is -2.45. The summed E-state index contributed by atoms with van der Waals surface area (Å²) >= 11 is 0. The highest BCUT2D eigenvalue weighted by Gasteiger charge is 2.27. The molecule has 12 heavy (non-hydrogen) atoms. The maximum absolute atomic E-state index is 11.0. The Hall–Kier alpha value is -1.57. The van der Waals surface area contributed by atoms with Gasteiger partial charge in [0.25, 0.3) is 0 Å². The number of hydrogen-bond donors (Lipinski definition) is 0. The predicted molar refractivity (Wildman–Crippen MR) is 37.8 cm³/mol. The maximum atomic E-state index is 11.0. The van der Waals surface area contributed by atoms with Gasteiger partial charge in [0.2, 0.25) is 0 Å². The van der Waals surface area contributed by atoms with Gasteiger partial charge in [-0.2, -0.15) is 5.26 Å². The third kappa shape index (κ3) is 1.72. The summed E-state index contributed by atoms with van der Waals surface area (Å²) in [5, 5.41) is 8.24. The molecular weight excluding hydrogens is 160 g/mol. The standard InChI is InChI=1S/C7H8N2O3/c8-2-1-3-9-4-5-12-7(11)6(9)10/h1,3-5H2. The van der Waals surface area contributed by atoms with Gasteiger partial charge in [-0.3, -0.25) is 4.79 Å². The molecule has 0 spiro atoms. The maximum Gasteiger partial charge on any atom is 0.397 e. The fourth-order valence-corrected chi connectivity index (χ4v) is 0.939. The average Bonchev–Trinajstić information content (AvgIpc) is 2.08. The molecule has 0 aliphatic carbocycles. The Morgan fingerprint density at radius 1 is 1.58 bits per heavy atom. The number of ether oxygens (including phenoxy) is 1. The number of amides is 1. The van der Waals surface area contributed by atoms with Crippen LogP contribution >= 0.6 is 0 Å². The Morgan fingerprint density at radius 3 is 3.00 bits per heavy atom. The molecule has 0 N–H and O–H groups in total. The molecule has 1 amide bonds. The van der Waals surface area contributed by atoms with Gasteiger partial charge < -0.3 is 9.64 Å². The molecule has 0 aromatic carbocycles. The van der Waals surface area contributed by atoms with Crippen molar-refractivity contribution in [2.75, 3.05) is 19.7 Å². The number of carbonyl (C=O) groups excluding carboxylic acids is 2. The minimum atomic E-state index is -0.820. The van der Waals surface area contributed by atoms with E-state index in [1.165, 1.54) is 4.90 Å². The van der Waals surface area contributed by atoms with E-state index in [9.17, 15) is 9.59 Å². The molecule has 1 heterocycles. The normalized spacial score (nSPS) is 17.1. The van der Waals surface area contributed by atoms with Crippen molar-refractivity contribution in [3.63, 3.8) is 0 Å². The van der Waals surface area contributed by atoms with Crippen molar-refractivity contribution in [2.45, 2.75) is 6.42 Å². The van der Waals surface area contributed by atoms with Crippen molar-refractivity contribution in [2.24, 2.45) is 0 Å². The van der Waals surface area contributed by atoms with Gasteiger partial charge in [-0.25, -0.2) is 4.79 Å². The molecule has 5 nitrogen and oxygen atoms in total. The summed E-state index contributed by atoms with van der Waals surface area (Å²) in [6.45, 7) is 0.937. The Morgan fingerprint density at radius 2 is 2.33 bits per heavy atom. The number of morpholine rings is 1. The SMILES string of the molecule is N#CCCN1CCOC(=O)C1=O. The van der Waals surface area contributed by atoms with E-state index >= 15 is 0 Å². The summed E-state index contributed by atoms with van der Waals surface area (Å²) in [4.78, 5) is 23.0. The second-order valence-electron chi connectivity index (χ2n) is 2.34. The van der Waals surface area contributed by atoms with Crippen molar-refractivity contribution in [1.82, 2.24) is 4.90 Å². The van der Waals surface area contributed by atoms with Crippen LogP contribution in [0.25, 0.3) is 0 Å². The molecule has 5 heteroatoms. The molecule has 0 aromatic heterocycles. The van der Waals surface area contributed by atoms with Crippen LogP contribution in [0.2, 0.25) is 0 Å². The van der Waals surface area contributed by atoms with Gasteiger partial charge in [0, 0.05) is 6.54 Å². The number of carbonyl (C=O) groups is 2. The molecule has 1 fully saturated rings. The second kappa shape index (κ2) is 3.72. The predicted octanol–water partition coefficient (Wildman–Crippen LogP) is -0.715. The Kier molecular flexibility index (Phi) is 2.64. The van der Waals surface area contributed by atoms with Crippen LogP contribution < -0.4 is 0 Å². The van der Waals surface area contributed by atoms with E-state index in [0.29, 0.717) is 13.1 Å². The fourth-order valence-electron chi connectivity index (χ4n) is 0.939. The van der Waals surface area contributed by atoms with Gasteiger partial charge in [0.15, 0.2) is 0 Å². The third-order valence-corrected chi connectivity index (χ3v) is 1.55. The first-order valence-electron chi connectivity index (χ1n) is 3.58. The van der Waals surface area contributed by atoms with Crippen molar-refractivity contribution in [3.05, 3.63) is 0 Å². The molecule has 0 saturated carbocycles. The zero-order valence-corrected chi connectivity index (χ0v) is 6.45. The largest absolute Gasteiger partial charge is 0.457 e. The van der Waals surface area contributed by atoms with E-state index in [2.05, 4.69) is 4.74 Å². The molecule has 0 unspecified atom stereocenters. The van der Waals surface area contributed by atoms with Crippen LogP contribution in [0, 0.1) is 11.3 Å². The second-order valence-corrected chi connectivity index (χ2v) is 2.34. The van der Waals surface area contributed by atoms with Crippen LogP contribution in [0.4, 0.5) is 0 Å². The summed E-state index contributed by atoms with van der Waals surface area (Å²) in [6.07, 6.45) is 0.249. The molecule has 0 radical (unpaired) electrons. The highest BCUT2D eigenvalue weighted by molar-refractivity contribution is 6.32. The van der Waals surface area contributed by atoms with Gasteiger partial charge in [0.1, 0.15) is 6.61 Å². The molecule has 0 atom stereocenters. The summed E-state index contributed by atoms with van der Waals surface area (Å²) in [7, 11) is 0. The van der Waals surface area contributed by atoms with Gasteiger partial charge in [-0.15, -0.1) is 0 Å². The average molecular weight is 168 g/mol. The van der Waals surface area contributed by atoms with E-state index in [1.807, 2.05) is 6.07 Å². The number of cyclic esters (lactones) is 1. The van der Waals surface area contributed by atoms with Gasteiger partial charge >= 0.3 is 11.9 Å². The Balaban J connectivity index is 2.48. The molecule has 0 bridgehead atoms. The third-order valence-electron chi connectivity index (χ3n) is 1.55. The molecule has 1 aliphatic heterocycles. The summed E-state index contributed by atoms with van der Waals surface area (Å²) in [6, 6.07) is 1.90. The lowest BCUT2D eigenvalue weighted by atomic mass is 10.3. The minimum absolute atomic E-state index is 0.232. The summed E-state index contributed by atoms with van der Waals surface area (Å²) < 4.78 is 4.49. The summed E-state index contributed by atoms with van der Waals surface area (Å²) in [5.41, 5.74) is 0. The molecule has 1 rings (SSSR count). The Bertz CT molecular complexity index is 244. The lowest BCUT2D eigenvalue weighted by Gasteiger charge is -2.24. The molecular formula is C7H8N2O3. The highest BCUT2D eigenvalue weighted by Crippen LogP contribution is 2.00. The summed E-state index contributed by atoms with van der Waals surface area (Å²) in [5.74, 6) is -1.46. The van der Waals surface area contributed by atoms with E-state index in [-0.39, 0.29) is 13.0 Å². The fraction of sp³-hybridized carbons (Fsp3) is 0.571. The lowest BCUT2D eigenvalue weighted by molar-refractivity contribution is -0.166. The number of nitrogens with zero attached hydrogens (tertiary/aromatic N) is 2. The van der Waals surface area contributed by atoms with Gasteiger partial charge in [-0.05, 0) is 0 Å². The van der Waals surface area contributed by atoms with Crippen LogP contribution in [-0.4, -0.2) is 36.5 Å². The van der Waals surface area contributed by atoms with Crippen LogP contribution in [0.5, 0.6) is 0 Å². The minimum Gasteiger partial charge on any atom is -0.457 e. The number of rotatable bonds is 2. The molecule has 1 aliphatic rings. The van der Waals surface area contributed by atoms with Crippen LogP contribution in [0.1, 0.15) is 6.42 Å². The van der Waals surface area contributed by atoms with Crippen molar-refractivity contribution in [1.29, 1.82) is 5.26 Å². The number of nitriles is 1. The quantitative estimate of drug-likeness (QED) is 0.403. The zero-order chi connectivity index (χ0) is 8.97. The molecule has 64 valence electrons. The first-order chi connectivity index (χ1) is 5.75. The highest BCUT2D eigenvalue weighted by atomic mass is 16.5. The van der Waals surface area contributed by atoms with Gasteiger partial charge in [0.05, 0.1) is 19.0 Å². The first kappa shape index (κ1) is 8.53.